The molecule has 0 spiro atoms. The van der Waals surface area contributed by atoms with E-state index in [2.05, 4.69) is 5.32 Å². The first kappa shape index (κ1) is 31.4. The van der Waals surface area contributed by atoms with Crippen LogP contribution in [-0.4, -0.2) is 50.9 Å². The van der Waals surface area contributed by atoms with Gasteiger partial charge in [-0.3, -0.25) is 13.9 Å². The van der Waals surface area contributed by atoms with Crippen LogP contribution in [0.2, 0.25) is 5.02 Å². The second-order valence-electron chi connectivity index (χ2n) is 10.4. The molecule has 1 fully saturated rings. The number of halogens is 1. The molecule has 3 aromatic carbocycles. The number of nitrogens with one attached hydrogen (secondary N) is 1. The SMILES string of the molecule is CC[C@@H](C(=O)NC1CCCCC1)N(Cc1ccc(OC)cc1)C(=O)CN(c1ccccc1Cl)S(=O)(=O)c1ccccc1. The quantitative estimate of drug-likeness (QED) is 0.279. The lowest BCUT2D eigenvalue weighted by atomic mass is 9.95. The van der Waals surface area contributed by atoms with Gasteiger partial charge in [0.25, 0.3) is 10.0 Å². The van der Waals surface area contributed by atoms with Crippen molar-refractivity contribution in [2.45, 2.75) is 69.0 Å². The summed E-state index contributed by atoms with van der Waals surface area (Å²) in [5.74, 6) is -0.0880. The highest BCUT2D eigenvalue weighted by Gasteiger charge is 2.35. The Labute approximate surface area is 253 Å². The van der Waals surface area contributed by atoms with Gasteiger partial charge in [-0.25, -0.2) is 8.42 Å². The predicted molar refractivity (Wildman–Crippen MR) is 165 cm³/mol. The summed E-state index contributed by atoms with van der Waals surface area (Å²) in [7, 11) is -2.60. The van der Waals surface area contributed by atoms with Crippen molar-refractivity contribution in [3.05, 3.63) is 89.4 Å². The molecule has 0 saturated heterocycles. The standard InChI is InChI=1S/C32H38ClN3O5S/c1-3-29(32(38)34-25-12-6-4-7-13-25)35(22-24-18-20-26(41-2)21-19-24)31(37)23-36(30-17-11-10-16-28(30)33)42(39,40)27-14-8-5-9-15-27/h5,8-11,14-21,25,29H,3-4,6-7,12-13,22-23H2,1-2H3,(H,34,38)/t29-/m0/s1. The summed E-state index contributed by atoms with van der Waals surface area (Å²) in [6.45, 7) is 1.43. The smallest absolute Gasteiger partial charge is 0.264 e. The van der Waals surface area contributed by atoms with Gasteiger partial charge in [0, 0.05) is 12.6 Å². The van der Waals surface area contributed by atoms with E-state index in [0.29, 0.717) is 12.2 Å². The molecule has 3 aromatic rings. The van der Waals surface area contributed by atoms with E-state index >= 15 is 0 Å². The first-order valence-electron chi connectivity index (χ1n) is 14.3. The molecule has 42 heavy (non-hydrogen) atoms. The number of amides is 2. The van der Waals surface area contributed by atoms with Crippen LogP contribution in [0.1, 0.15) is 51.0 Å². The Balaban J connectivity index is 1.70. The second-order valence-corrected chi connectivity index (χ2v) is 12.7. The molecule has 0 heterocycles. The molecule has 4 rings (SSSR count). The molecule has 224 valence electrons. The van der Waals surface area contributed by atoms with E-state index in [1.165, 1.54) is 17.0 Å². The van der Waals surface area contributed by atoms with E-state index in [0.717, 1.165) is 42.0 Å². The summed E-state index contributed by atoms with van der Waals surface area (Å²) in [5.41, 5.74) is 0.962. The van der Waals surface area contributed by atoms with Crippen LogP contribution in [0.3, 0.4) is 0 Å². The Bertz CT molecular complexity index is 1440. The van der Waals surface area contributed by atoms with Gasteiger partial charge < -0.3 is 15.0 Å². The van der Waals surface area contributed by atoms with Crippen LogP contribution in [-0.2, 0) is 26.2 Å². The maximum atomic E-state index is 14.2. The number of rotatable bonds is 12. The van der Waals surface area contributed by atoms with Gasteiger partial charge in [0.1, 0.15) is 18.3 Å². The normalized spacial score (nSPS) is 14.5. The third kappa shape index (κ3) is 7.63. The zero-order valence-electron chi connectivity index (χ0n) is 24.0. The van der Waals surface area contributed by atoms with Crippen molar-refractivity contribution in [1.29, 1.82) is 0 Å². The fourth-order valence-electron chi connectivity index (χ4n) is 5.28. The fraction of sp³-hybridized carbons (Fsp3) is 0.375. The summed E-state index contributed by atoms with van der Waals surface area (Å²) >= 11 is 6.48. The Hall–Kier alpha value is -3.56. The van der Waals surface area contributed by atoms with Crippen LogP contribution in [0.5, 0.6) is 5.75 Å². The number of methoxy groups -OCH3 is 1. The predicted octanol–water partition coefficient (Wildman–Crippen LogP) is 5.80. The minimum atomic E-state index is -4.18. The first-order valence-corrected chi connectivity index (χ1v) is 16.1. The number of ether oxygens (including phenoxy) is 1. The summed E-state index contributed by atoms with van der Waals surface area (Å²) < 4.78 is 34.1. The summed E-state index contributed by atoms with van der Waals surface area (Å²) in [4.78, 5) is 29.3. The number of anilines is 1. The Morgan fingerprint density at radius 1 is 0.952 bits per heavy atom. The van der Waals surface area contributed by atoms with E-state index in [4.69, 9.17) is 16.3 Å². The zero-order chi connectivity index (χ0) is 30.1. The summed E-state index contributed by atoms with van der Waals surface area (Å²) in [6.07, 6.45) is 5.44. The molecule has 0 aliphatic heterocycles. The lowest BCUT2D eigenvalue weighted by Crippen LogP contribution is -2.54. The van der Waals surface area contributed by atoms with Crippen LogP contribution < -0.4 is 14.4 Å². The highest BCUT2D eigenvalue weighted by atomic mass is 35.5. The number of benzene rings is 3. The summed E-state index contributed by atoms with van der Waals surface area (Å²) in [6, 6.07) is 20.9. The monoisotopic (exact) mass is 611 g/mol. The average molecular weight is 612 g/mol. The number of carbonyl (C=O) groups is 2. The molecular formula is C32H38ClN3O5S. The van der Waals surface area contributed by atoms with Gasteiger partial charge in [0.05, 0.1) is 22.7 Å². The van der Waals surface area contributed by atoms with Crippen molar-refractivity contribution in [3.63, 3.8) is 0 Å². The van der Waals surface area contributed by atoms with Crippen LogP contribution in [0, 0.1) is 0 Å². The van der Waals surface area contributed by atoms with Crippen molar-refractivity contribution in [3.8, 4) is 5.75 Å². The van der Waals surface area contributed by atoms with Crippen molar-refractivity contribution < 1.29 is 22.7 Å². The van der Waals surface area contributed by atoms with E-state index < -0.39 is 28.5 Å². The van der Waals surface area contributed by atoms with Crippen LogP contribution >= 0.6 is 11.6 Å². The van der Waals surface area contributed by atoms with Crippen LogP contribution in [0.25, 0.3) is 0 Å². The average Bonchev–Trinajstić information content (AvgIpc) is 3.01. The van der Waals surface area contributed by atoms with E-state index in [1.807, 2.05) is 19.1 Å². The lowest BCUT2D eigenvalue weighted by molar-refractivity contribution is -0.140. The number of hydrogen-bond acceptors (Lipinski definition) is 5. The molecular weight excluding hydrogens is 574 g/mol. The maximum Gasteiger partial charge on any atom is 0.264 e. The number of carbonyl (C=O) groups excluding carboxylic acids is 2. The van der Waals surface area contributed by atoms with Gasteiger partial charge in [0.15, 0.2) is 0 Å². The molecule has 0 unspecified atom stereocenters. The van der Waals surface area contributed by atoms with Crippen molar-refractivity contribution in [2.24, 2.45) is 0 Å². The molecule has 0 aromatic heterocycles. The Morgan fingerprint density at radius 3 is 2.21 bits per heavy atom. The molecule has 1 aliphatic rings. The van der Waals surface area contributed by atoms with Gasteiger partial charge in [-0.2, -0.15) is 0 Å². The number of para-hydroxylation sites is 1. The second kappa shape index (κ2) is 14.6. The number of nitrogens with zero attached hydrogens (tertiary/aromatic N) is 2. The third-order valence-corrected chi connectivity index (χ3v) is 9.67. The van der Waals surface area contributed by atoms with Crippen molar-refractivity contribution in [2.75, 3.05) is 18.0 Å². The van der Waals surface area contributed by atoms with Crippen molar-refractivity contribution in [1.82, 2.24) is 10.2 Å². The fourth-order valence-corrected chi connectivity index (χ4v) is 7.02. The highest BCUT2D eigenvalue weighted by Crippen LogP contribution is 2.31. The van der Waals surface area contributed by atoms with Crippen LogP contribution in [0.4, 0.5) is 5.69 Å². The molecule has 1 aliphatic carbocycles. The molecule has 1 N–H and O–H groups in total. The first-order chi connectivity index (χ1) is 20.2. The topological polar surface area (TPSA) is 96.0 Å². The molecule has 1 atom stereocenters. The largest absolute Gasteiger partial charge is 0.497 e. The molecule has 8 nitrogen and oxygen atoms in total. The molecule has 0 bridgehead atoms. The Morgan fingerprint density at radius 2 is 1.60 bits per heavy atom. The molecule has 10 heteroatoms. The molecule has 1 saturated carbocycles. The molecule has 2 amide bonds. The highest BCUT2D eigenvalue weighted by molar-refractivity contribution is 7.92. The van der Waals surface area contributed by atoms with E-state index in [9.17, 15) is 18.0 Å². The third-order valence-electron chi connectivity index (χ3n) is 7.58. The summed E-state index contributed by atoms with van der Waals surface area (Å²) in [5, 5.41) is 3.34. The minimum Gasteiger partial charge on any atom is -0.497 e. The van der Waals surface area contributed by atoms with E-state index in [1.54, 1.807) is 61.7 Å². The lowest BCUT2D eigenvalue weighted by Gasteiger charge is -2.34. The van der Waals surface area contributed by atoms with Crippen LogP contribution in [0.15, 0.2) is 83.8 Å². The van der Waals surface area contributed by atoms with Crippen molar-refractivity contribution >= 4 is 39.1 Å². The van der Waals surface area contributed by atoms with Gasteiger partial charge in [0.2, 0.25) is 11.8 Å². The zero-order valence-corrected chi connectivity index (χ0v) is 25.6. The molecule has 0 radical (unpaired) electrons. The van der Waals surface area contributed by atoms with Gasteiger partial charge in [-0.05, 0) is 61.2 Å². The Kier molecular flexibility index (Phi) is 10.9. The van der Waals surface area contributed by atoms with Gasteiger partial charge in [-0.15, -0.1) is 0 Å². The van der Waals surface area contributed by atoms with Gasteiger partial charge >= 0.3 is 0 Å². The maximum absolute atomic E-state index is 14.2. The van der Waals surface area contributed by atoms with Gasteiger partial charge in [-0.1, -0.05) is 80.3 Å². The minimum absolute atomic E-state index is 0.0292. The number of sulfonamides is 1. The van der Waals surface area contributed by atoms with E-state index in [-0.39, 0.29) is 34.1 Å². The number of hydrogen-bond donors (Lipinski definition) is 1.